The van der Waals surface area contributed by atoms with Crippen LogP contribution in [0, 0.1) is 6.92 Å². The first-order chi connectivity index (χ1) is 8.51. The minimum absolute atomic E-state index is 0.0213. The number of rotatable bonds is 3. The fourth-order valence-corrected chi connectivity index (χ4v) is 1.37. The molecule has 0 atom stereocenters. The molecule has 1 rings (SSSR count). The van der Waals surface area contributed by atoms with Gasteiger partial charge in [0.25, 0.3) is 5.91 Å². The van der Waals surface area contributed by atoms with E-state index in [0.717, 1.165) is 0 Å². The molecule has 18 heavy (non-hydrogen) atoms. The van der Waals surface area contributed by atoms with Gasteiger partial charge in [-0.2, -0.15) is 0 Å². The van der Waals surface area contributed by atoms with E-state index in [1.165, 1.54) is 14.2 Å². The van der Waals surface area contributed by atoms with Crippen molar-refractivity contribution in [1.82, 2.24) is 5.32 Å². The van der Waals surface area contributed by atoms with Crippen LogP contribution in [0.25, 0.3) is 5.76 Å². The molecule has 1 aromatic carbocycles. The van der Waals surface area contributed by atoms with E-state index in [1.54, 1.807) is 19.1 Å². The van der Waals surface area contributed by atoms with Crippen molar-refractivity contribution < 1.29 is 14.6 Å². The van der Waals surface area contributed by atoms with Crippen molar-refractivity contribution in [2.75, 3.05) is 14.2 Å². The Hall–Kier alpha value is -1.97. The number of ether oxygens (including phenoxy) is 1. The van der Waals surface area contributed by atoms with Gasteiger partial charge in [-0.05, 0) is 24.6 Å². The van der Waals surface area contributed by atoms with Crippen LogP contribution in [0.15, 0.2) is 18.7 Å². The van der Waals surface area contributed by atoms with Crippen LogP contribution in [0.3, 0.4) is 0 Å². The number of phenolic OH excluding ortho intramolecular Hbond substituents is 1. The lowest BCUT2D eigenvalue weighted by Crippen LogP contribution is -2.18. The van der Waals surface area contributed by atoms with Gasteiger partial charge >= 0.3 is 0 Å². The fourth-order valence-electron chi connectivity index (χ4n) is 1.37. The molecule has 0 aliphatic heterocycles. The second-order valence-electron chi connectivity index (χ2n) is 3.40. The molecule has 0 aliphatic carbocycles. The van der Waals surface area contributed by atoms with Crippen molar-refractivity contribution in [3.05, 3.63) is 35.4 Å². The number of methoxy groups -OCH3 is 1. The van der Waals surface area contributed by atoms with Crippen LogP contribution >= 0.6 is 0 Å². The lowest BCUT2D eigenvalue weighted by atomic mass is 10.0. The van der Waals surface area contributed by atoms with Crippen molar-refractivity contribution in [1.29, 1.82) is 0 Å². The molecule has 0 unspecified atom stereocenters. The number of benzene rings is 1. The summed E-state index contributed by atoms with van der Waals surface area (Å²) in [5, 5.41) is 12.2. The van der Waals surface area contributed by atoms with Crippen molar-refractivity contribution in [2.24, 2.45) is 0 Å². The molecule has 2 N–H and O–H groups in total. The summed E-state index contributed by atoms with van der Waals surface area (Å²) in [6.07, 6.45) is 0. The quantitative estimate of drug-likeness (QED) is 0.812. The number of hydrogen-bond acceptors (Lipinski definition) is 3. The fraction of sp³-hybridized carbons (Fsp3) is 0.357. The molecule has 4 nitrogen and oxygen atoms in total. The Bertz CT molecular complexity index is 439. The number of phenols is 1. The van der Waals surface area contributed by atoms with Gasteiger partial charge in [-0.25, -0.2) is 0 Å². The van der Waals surface area contributed by atoms with E-state index in [-0.39, 0.29) is 17.2 Å². The van der Waals surface area contributed by atoms with Crippen molar-refractivity contribution in [3.8, 4) is 5.75 Å². The number of aryl methyl sites for hydroxylation is 1. The Balaban J connectivity index is 0.00000137. The summed E-state index contributed by atoms with van der Waals surface area (Å²) in [6, 6.07) is 3.26. The van der Waals surface area contributed by atoms with Gasteiger partial charge in [-0.3, -0.25) is 4.79 Å². The highest BCUT2D eigenvalue weighted by Crippen LogP contribution is 2.26. The zero-order chi connectivity index (χ0) is 14.3. The molecule has 0 saturated carbocycles. The number of nitrogens with one attached hydrogen (secondary N) is 1. The lowest BCUT2D eigenvalue weighted by Gasteiger charge is -2.10. The number of hydrogen-bond donors (Lipinski definition) is 2. The smallest absolute Gasteiger partial charge is 0.254 e. The second kappa shape index (κ2) is 7.37. The molecule has 0 saturated heterocycles. The number of aromatic hydroxyl groups is 1. The Morgan fingerprint density at radius 3 is 2.39 bits per heavy atom. The second-order valence-corrected chi connectivity index (χ2v) is 3.40. The molecule has 0 spiro atoms. The van der Waals surface area contributed by atoms with Crippen LogP contribution in [0.5, 0.6) is 5.75 Å². The third kappa shape index (κ3) is 3.52. The molecule has 0 aromatic heterocycles. The highest BCUT2D eigenvalue weighted by molar-refractivity contribution is 5.97. The molecule has 0 bridgehead atoms. The minimum atomic E-state index is -0.341. The third-order valence-electron chi connectivity index (χ3n) is 2.34. The summed E-state index contributed by atoms with van der Waals surface area (Å²) in [4.78, 5) is 11.5. The van der Waals surface area contributed by atoms with Gasteiger partial charge in [0.2, 0.25) is 0 Å². The molecule has 4 heteroatoms. The first-order valence-electron chi connectivity index (χ1n) is 5.80. The van der Waals surface area contributed by atoms with Crippen LogP contribution in [0.2, 0.25) is 0 Å². The maximum absolute atomic E-state index is 11.5. The molecule has 0 heterocycles. The zero-order valence-electron chi connectivity index (χ0n) is 11.6. The molecule has 1 amide bonds. The molecule has 0 fully saturated rings. The molecule has 0 radical (unpaired) electrons. The summed E-state index contributed by atoms with van der Waals surface area (Å²) in [7, 11) is 3.01. The summed E-state index contributed by atoms with van der Waals surface area (Å²) in [6.45, 7) is 9.42. The average Bonchev–Trinajstić information content (AvgIpc) is 2.42. The van der Waals surface area contributed by atoms with Crippen molar-refractivity contribution >= 4 is 11.7 Å². The molecule has 1 aromatic rings. The Morgan fingerprint density at radius 2 is 1.94 bits per heavy atom. The Labute approximate surface area is 108 Å². The van der Waals surface area contributed by atoms with Crippen LogP contribution in [0.1, 0.15) is 35.3 Å². The van der Waals surface area contributed by atoms with E-state index in [1.807, 2.05) is 13.8 Å². The van der Waals surface area contributed by atoms with Crippen molar-refractivity contribution in [2.45, 2.75) is 20.8 Å². The number of carbonyl (C=O) groups excluding carboxylic acids is 1. The van der Waals surface area contributed by atoms with E-state index < -0.39 is 0 Å². The topological polar surface area (TPSA) is 58.6 Å². The van der Waals surface area contributed by atoms with Gasteiger partial charge in [-0.1, -0.05) is 20.4 Å². The first-order valence-corrected chi connectivity index (χ1v) is 5.80. The van der Waals surface area contributed by atoms with Gasteiger partial charge in [0.1, 0.15) is 11.5 Å². The predicted molar refractivity (Wildman–Crippen MR) is 73.6 cm³/mol. The van der Waals surface area contributed by atoms with Gasteiger partial charge in [0, 0.05) is 12.6 Å². The highest BCUT2D eigenvalue weighted by atomic mass is 16.5. The van der Waals surface area contributed by atoms with Crippen molar-refractivity contribution in [3.63, 3.8) is 0 Å². The monoisotopic (exact) mass is 251 g/mol. The normalized spacial score (nSPS) is 8.94. The van der Waals surface area contributed by atoms with Gasteiger partial charge in [0.05, 0.1) is 12.7 Å². The van der Waals surface area contributed by atoms with Gasteiger partial charge < -0.3 is 15.2 Å². The Morgan fingerprint density at radius 1 is 1.39 bits per heavy atom. The summed E-state index contributed by atoms with van der Waals surface area (Å²) >= 11 is 0. The average molecular weight is 251 g/mol. The standard InChI is InChI=1S/C12H15NO3.C2H6/c1-7-5-9(8(2)16-4)6-10(11(7)14)12(15)13-3;1-2/h5-6,14H,2H2,1,3-4H3,(H,13,15);1-2H3. The maximum atomic E-state index is 11.5. The van der Waals surface area contributed by atoms with Crippen LogP contribution < -0.4 is 5.32 Å². The SMILES string of the molecule is C=C(OC)c1cc(C)c(O)c(C(=O)NC)c1.CC. The summed E-state index contributed by atoms with van der Waals surface area (Å²) in [5.41, 5.74) is 1.50. The third-order valence-corrected chi connectivity index (χ3v) is 2.34. The molecular formula is C14H21NO3. The summed E-state index contributed by atoms with van der Waals surface area (Å²) in [5.74, 6) is 0.0895. The van der Waals surface area contributed by atoms with E-state index in [4.69, 9.17) is 4.74 Å². The summed E-state index contributed by atoms with van der Waals surface area (Å²) < 4.78 is 4.99. The zero-order valence-corrected chi connectivity index (χ0v) is 11.6. The van der Waals surface area contributed by atoms with Crippen LogP contribution in [-0.2, 0) is 4.74 Å². The first kappa shape index (κ1) is 16.0. The van der Waals surface area contributed by atoms with E-state index in [0.29, 0.717) is 16.9 Å². The molecule has 100 valence electrons. The van der Waals surface area contributed by atoms with E-state index in [9.17, 15) is 9.90 Å². The number of carbonyl (C=O) groups is 1. The van der Waals surface area contributed by atoms with E-state index in [2.05, 4.69) is 11.9 Å². The largest absolute Gasteiger partial charge is 0.507 e. The minimum Gasteiger partial charge on any atom is -0.507 e. The molecular weight excluding hydrogens is 230 g/mol. The number of amides is 1. The highest BCUT2D eigenvalue weighted by Gasteiger charge is 2.14. The van der Waals surface area contributed by atoms with Crippen LogP contribution in [0.4, 0.5) is 0 Å². The predicted octanol–water partition coefficient (Wildman–Crippen LogP) is 2.70. The van der Waals surface area contributed by atoms with Crippen LogP contribution in [-0.4, -0.2) is 25.2 Å². The molecule has 0 aliphatic rings. The van der Waals surface area contributed by atoms with E-state index >= 15 is 0 Å². The van der Waals surface area contributed by atoms with Gasteiger partial charge in [0.15, 0.2) is 0 Å². The van der Waals surface area contributed by atoms with Gasteiger partial charge in [-0.15, -0.1) is 0 Å². The maximum Gasteiger partial charge on any atom is 0.254 e. The Kier molecular flexibility index (Phi) is 6.57. The lowest BCUT2D eigenvalue weighted by molar-refractivity contribution is 0.0960.